The number of rotatable bonds is 10. The van der Waals surface area contributed by atoms with Gasteiger partial charge in [-0.2, -0.15) is 11.8 Å². The van der Waals surface area contributed by atoms with Gasteiger partial charge in [-0.15, -0.1) is 0 Å². The maximum Gasteiger partial charge on any atom is 0.329 e. The molecule has 2 aromatic rings. The van der Waals surface area contributed by atoms with Crippen LogP contribution in [0.15, 0.2) is 54.6 Å². The minimum Gasteiger partial charge on any atom is -0.457 e. The van der Waals surface area contributed by atoms with Crippen molar-refractivity contribution in [2.24, 2.45) is 5.73 Å². The summed E-state index contributed by atoms with van der Waals surface area (Å²) in [5.41, 5.74) is 5.60. The Labute approximate surface area is 173 Å². The van der Waals surface area contributed by atoms with Crippen LogP contribution in [-0.2, 0) is 14.3 Å². The first-order valence-corrected chi connectivity index (χ1v) is 10.2. The second kappa shape index (κ2) is 11.6. The zero-order valence-electron chi connectivity index (χ0n) is 15.9. The summed E-state index contributed by atoms with van der Waals surface area (Å²) in [4.78, 5) is 35.1. The molecule has 1 atom stereocenters. The SMILES string of the molecule is CSCC[C@H](NC(N)=O)C(=O)OCC(=O)Nc1ccc(Oc2ccccc2)cc1. The lowest BCUT2D eigenvalue weighted by molar-refractivity contribution is -0.149. The maximum absolute atomic E-state index is 12.1. The van der Waals surface area contributed by atoms with Crippen molar-refractivity contribution in [2.45, 2.75) is 12.5 Å². The zero-order chi connectivity index (χ0) is 21.1. The normalized spacial score (nSPS) is 11.2. The molecule has 4 N–H and O–H groups in total. The molecule has 0 fully saturated rings. The summed E-state index contributed by atoms with van der Waals surface area (Å²) in [6, 6.07) is 14.4. The Bertz CT molecular complexity index is 815. The van der Waals surface area contributed by atoms with Crippen LogP contribution in [-0.4, -0.2) is 42.6 Å². The van der Waals surface area contributed by atoms with Gasteiger partial charge >= 0.3 is 12.0 Å². The van der Waals surface area contributed by atoms with Gasteiger partial charge in [0.15, 0.2) is 6.61 Å². The first-order chi connectivity index (χ1) is 14.0. The van der Waals surface area contributed by atoms with Gasteiger partial charge in [0.2, 0.25) is 0 Å². The van der Waals surface area contributed by atoms with E-state index < -0.39 is 30.6 Å². The molecule has 154 valence electrons. The Morgan fingerprint density at radius 1 is 1.03 bits per heavy atom. The van der Waals surface area contributed by atoms with E-state index in [2.05, 4.69) is 10.6 Å². The highest BCUT2D eigenvalue weighted by Gasteiger charge is 2.21. The van der Waals surface area contributed by atoms with Gasteiger partial charge in [0.1, 0.15) is 17.5 Å². The number of ether oxygens (including phenoxy) is 2. The fourth-order valence-corrected chi connectivity index (χ4v) is 2.79. The van der Waals surface area contributed by atoms with Crippen LogP contribution in [0.1, 0.15) is 6.42 Å². The number of para-hydroxylation sites is 1. The molecule has 3 amide bonds. The van der Waals surface area contributed by atoms with Crippen LogP contribution in [0.25, 0.3) is 0 Å². The van der Waals surface area contributed by atoms with E-state index in [0.29, 0.717) is 29.4 Å². The Morgan fingerprint density at radius 3 is 2.31 bits per heavy atom. The molecule has 8 nitrogen and oxygen atoms in total. The van der Waals surface area contributed by atoms with Gasteiger partial charge in [0.05, 0.1) is 0 Å². The number of amides is 3. The quantitative estimate of drug-likeness (QED) is 0.511. The fraction of sp³-hybridized carbons (Fsp3) is 0.250. The molecule has 2 rings (SSSR count). The van der Waals surface area contributed by atoms with Crippen molar-refractivity contribution in [2.75, 3.05) is 23.9 Å². The summed E-state index contributed by atoms with van der Waals surface area (Å²) >= 11 is 1.51. The molecule has 0 saturated heterocycles. The van der Waals surface area contributed by atoms with Gasteiger partial charge in [-0.1, -0.05) is 18.2 Å². The number of primary amides is 1. The Balaban J connectivity index is 1.81. The molecule has 0 aliphatic carbocycles. The molecule has 0 heterocycles. The standard InChI is InChI=1S/C20H23N3O5S/c1-29-12-11-17(23-20(21)26)19(25)27-13-18(24)22-14-7-9-16(10-8-14)28-15-5-3-2-4-6-15/h2-10,17H,11-13H2,1H3,(H,22,24)(H3,21,23,26)/t17-/m0/s1. The predicted molar refractivity (Wildman–Crippen MR) is 112 cm³/mol. The molecule has 0 aliphatic rings. The highest BCUT2D eigenvalue weighted by molar-refractivity contribution is 7.98. The minimum absolute atomic E-state index is 0.355. The van der Waals surface area contributed by atoms with Gasteiger partial charge in [0, 0.05) is 5.69 Å². The summed E-state index contributed by atoms with van der Waals surface area (Å²) in [6.45, 7) is -0.475. The van der Waals surface area contributed by atoms with Crippen molar-refractivity contribution in [3.63, 3.8) is 0 Å². The van der Waals surface area contributed by atoms with Crippen LogP contribution in [0, 0.1) is 0 Å². The van der Waals surface area contributed by atoms with E-state index >= 15 is 0 Å². The van der Waals surface area contributed by atoms with Gasteiger partial charge in [0.25, 0.3) is 5.91 Å². The predicted octanol–water partition coefficient (Wildman–Crippen LogP) is 2.75. The first-order valence-electron chi connectivity index (χ1n) is 8.82. The molecule has 9 heteroatoms. The fourth-order valence-electron chi connectivity index (χ4n) is 2.32. The molecule has 0 aliphatic heterocycles. The van der Waals surface area contributed by atoms with E-state index in [1.54, 1.807) is 24.3 Å². The largest absolute Gasteiger partial charge is 0.457 e. The van der Waals surface area contributed by atoms with Crippen molar-refractivity contribution in [1.82, 2.24) is 5.32 Å². The molecule has 29 heavy (non-hydrogen) atoms. The average molecular weight is 417 g/mol. The number of carbonyl (C=O) groups excluding carboxylic acids is 3. The summed E-state index contributed by atoms with van der Waals surface area (Å²) in [5.74, 6) is 0.743. The third-order valence-corrected chi connectivity index (χ3v) is 4.32. The van der Waals surface area contributed by atoms with Gasteiger partial charge < -0.3 is 25.8 Å². The first kappa shape index (κ1) is 22.1. The topological polar surface area (TPSA) is 120 Å². The second-order valence-corrected chi connectivity index (χ2v) is 6.92. The Morgan fingerprint density at radius 2 is 1.69 bits per heavy atom. The van der Waals surface area contributed by atoms with Crippen LogP contribution in [0.2, 0.25) is 0 Å². The van der Waals surface area contributed by atoms with Crippen LogP contribution >= 0.6 is 11.8 Å². The van der Waals surface area contributed by atoms with E-state index in [-0.39, 0.29) is 0 Å². The Hall–Kier alpha value is -3.20. The molecule has 0 saturated carbocycles. The molecule has 0 spiro atoms. The number of nitrogens with two attached hydrogens (primary N) is 1. The number of anilines is 1. The third-order valence-electron chi connectivity index (χ3n) is 3.67. The maximum atomic E-state index is 12.1. The number of urea groups is 1. The number of carbonyl (C=O) groups is 3. The number of hydrogen-bond donors (Lipinski definition) is 3. The van der Waals surface area contributed by atoms with E-state index in [1.807, 2.05) is 36.6 Å². The lowest BCUT2D eigenvalue weighted by atomic mass is 10.2. The molecule has 2 aromatic carbocycles. The van der Waals surface area contributed by atoms with E-state index in [1.165, 1.54) is 11.8 Å². The van der Waals surface area contributed by atoms with Crippen molar-refractivity contribution >= 4 is 35.4 Å². The highest BCUT2D eigenvalue weighted by Crippen LogP contribution is 2.22. The summed E-state index contributed by atoms with van der Waals surface area (Å²) in [7, 11) is 0. The van der Waals surface area contributed by atoms with E-state index in [9.17, 15) is 14.4 Å². The highest BCUT2D eigenvalue weighted by atomic mass is 32.2. The minimum atomic E-state index is -0.887. The average Bonchev–Trinajstić information content (AvgIpc) is 2.71. The van der Waals surface area contributed by atoms with Gasteiger partial charge in [-0.25, -0.2) is 9.59 Å². The molecule has 0 unspecified atom stereocenters. The van der Waals surface area contributed by atoms with Crippen LogP contribution < -0.4 is 21.1 Å². The monoisotopic (exact) mass is 417 g/mol. The smallest absolute Gasteiger partial charge is 0.329 e. The zero-order valence-corrected chi connectivity index (χ0v) is 16.7. The number of nitrogens with one attached hydrogen (secondary N) is 2. The van der Waals surface area contributed by atoms with Crippen molar-refractivity contribution < 1.29 is 23.9 Å². The third kappa shape index (κ3) is 8.14. The van der Waals surface area contributed by atoms with Gasteiger partial charge in [-0.05, 0) is 54.8 Å². The molecule has 0 bridgehead atoms. The lowest BCUT2D eigenvalue weighted by Gasteiger charge is -2.16. The summed E-state index contributed by atoms with van der Waals surface area (Å²) in [6.07, 6.45) is 2.23. The van der Waals surface area contributed by atoms with E-state index in [0.717, 1.165) is 0 Å². The summed E-state index contributed by atoms with van der Waals surface area (Å²) in [5, 5.41) is 4.94. The van der Waals surface area contributed by atoms with Crippen LogP contribution in [0.3, 0.4) is 0 Å². The molecular formula is C20H23N3O5S. The van der Waals surface area contributed by atoms with E-state index in [4.69, 9.17) is 15.2 Å². The summed E-state index contributed by atoms with van der Waals surface area (Å²) < 4.78 is 10.7. The van der Waals surface area contributed by atoms with Crippen LogP contribution in [0.5, 0.6) is 11.5 Å². The lowest BCUT2D eigenvalue weighted by Crippen LogP contribution is -2.45. The Kier molecular flexibility index (Phi) is 8.84. The van der Waals surface area contributed by atoms with Crippen molar-refractivity contribution in [3.8, 4) is 11.5 Å². The number of thioether (sulfide) groups is 1. The van der Waals surface area contributed by atoms with Crippen molar-refractivity contribution in [3.05, 3.63) is 54.6 Å². The number of hydrogen-bond acceptors (Lipinski definition) is 6. The molecule has 0 aromatic heterocycles. The van der Waals surface area contributed by atoms with Crippen molar-refractivity contribution in [1.29, 1.82) is 0 Å². The van der Waals surface area contributed by atoms with Gasteiger partial charge in [-0.3, -0.25) is 4.79 Å². The van der Waals surface area contributed by atoms with Crippen LogP contribution in [0.4, 0.5) is 10.5 Å². The molecular weight excluding hydrogens is 394 g/mol. The second-order valence-electron chi connectivity index (χ2n) is 5.94. The number of benzene rings is 2. The number of esters is 1. The molecule has 0 radical (unpaired) electrons.